The number of rotatable bonds is 4. The molecule has 0 aliphatic heterocycles. The number of benzene rings is 2. The summed E-state index contributed by atoms with van der Waals surface area (Å²) in [5.74, 6) is -2.76. The molecule has 36 heavy (non-hydrogen) atoms. The number of alkyl halides is 3. The SMILES string of the molecule is N#Cc1[nH]c(=O)n(-c2c[nH]c3ccccc23)c1-c1cn(CCN)c2ccccc12.O=C(O)C(F)(F)F. The van der Waals surface area contributed by atoms with Gasteiger partial charge in [-0.2, -0.15) is 18.4 Å². The summed E-state index contributed by atoms with van der Waals surface area (Å²) in [5.41, 5.74) is 9.67. The van der Waals surface area contributed by atoms with Crippen LogP contribution in [0.4, 0.5) is 13.2 Å². The fourth-order valence-corrected chi connectivity index (χ4v) is 4.00. The number of H-pyrrole nitrogens is 2. The average Bonchev–Trinajstić information content (AvgIpc) is 3.52. The maximum Gasteiger partial charge on any atom is 0.490 e. The van der Waals surface area contributed by atoms with Crippen LogP contribution in [0.15, 0.2) is 65.7 Å². The zero-order valence-electron chi connectivity index (χ0n) is 18.5. The van der Waals surface area contributed by atoms with Crippen molar-refractivity contribution in [3.63, 3.8) is 0 Å². The Morgan fingerprint density at radius 2 is 1.75 bits per heavy atom. The minimum atomic E-state index is -5.08. The van der Waals surface area contributed by atoms with Crippen molar-refractivity contribution in [2.45, 2.75) is 12.7 Å². The second kappa shape index (κ2) is 9.47. The van der Waals surface area contributed by atoms with Gasteiger partial charge >= 0.3 is 17.8 Å². The number of fused-ring (bicyclic) bond motifs is 2. The van der Waals surface area contributed by atoms with Gasteiger partial charge in [0.05, 0.1) is 11.4 Å². The second-order valence-corrected chi connectivity index (χ2v) is 7.67. The van der Waals surface area contributed by atoms with Gasteiger partial charge in [-0.1, -0.05) is 36.4 Å². The molecule has 0 saturated carbocycles. The Bertz CT molecular complexity index is 1670. The number of imidazole rings is 1. The molecule has 2 aromatic carbocycles. The number of para-hydroxylation sites is 2. The molecule has 3 aromatic heterocycles. The van der Waals surface area contributed by atoms with E-state index < -0.39 is 12.1 Å². The Kier molecular flexibility index (Phi) is 6.41. The van der Waals surface area contributed by atoms with Gasteiger partial charge in [-0.15, -0.1) is 0 Å². The molecule has 5 rings (SSSR count). The third-order valence-electron chi connectivity index (χ3n) is 5.47. The van der Waals surface area contributed by atoms with Gasteiger partial charge in [0, 0.05) is 52.9 Å². The Morgan fingerprint density at radius 3 is 2.39 bits per heavy atom. The summed E-state index contributed by atoms with van der Waals surface area (Å²) < 4.78 is 35.4. The molecule has 0 unspecified atom stereocenters. The van der Waals surface area contributed by atoms with Crippen LogP contribution in [-0.2, 0) is 11.3 Å². The van der Waals surface area contributed by atoms with Crippen LogP contribution in [0, 0.1) is 11.3 Å². The van der Waals surface area contributed by atoms with Crippen molar-refractivity contribution in [1.82, 2.24) is 19.1 Å². The molecule has 3 heterocycles. The van der Waals surface area contributed by atoms with Crippen LogP contribution < -0.4 is 11.4 Å². The van der Waals surface area contributed by atoms with E-state index in [1.807, 2.05) is 54.7 Å². The number of aromatic amines is 2. The Labute approximate surface area is 200 Å². The number of nitrogens with zero attached hydrogens (tertiary/aromatic N) is 3. The van der Waals surface area contributed by atoms with E-state index in [1.54, 1.807) is 10.8 Å². The van der Waals surface area contributed by atoms with Crippen molar-refractivity contribution in [3.05, 3.63) is 77.1 Å². The average molecular weight is 496 g/mol. The largest absolute Gasteiger partial charge is 0.490 e. The van der Waals surface area contributed by atoms with E-state index in [4.69, 9.17) is 15.6 Å². The van der Waals surface area contributed by atoms with Gasteiger partial charge in [-0.3, -0.25) is 9.55 Å². The standard InChI is InChI=1S/C22H18N6O.C2HF3O2/c23-9-10-27-13-16(14-5-2-4-8-19(14)27)21-18(11-24)26-22(29)28(21)20-12-25-17-7-3-1-6-15(17)20;3-2(4,5)1(6)7/h1-8,12-13,25H,9-10,23H2,(H,26,29);(H,6,7). The van der Waals surface area contributed by atoms with Crippen molar-refractivity contribution in [2.75, 3.05) is 6.54 Å². The number of nitrogens with one attached hydrogen (secondary N) is 2. The van der Waals surface area contributed by atoms with E-state index in [9.17, 15) is 23.2 Å². The molecule has 9 nitrogen and oxygen atoms in total. The van der Waals surface area contributed by atoms with Crippen molar-refractivity contribution >= 4 is 27.8 Å². The van der Waals surface area contributed by atoms with Gasteiger partial charge < -0.3 is 20.4 Å². The summed E-state index contributed by atoms with van der Waals surface area (Å²) in [5, 5.41) is 18.7. The molecule has 0 saturated heterocycles. The normalized spacial score (nSPS) is 11.3. The zero-order chi connectivity index (χ0) is 26.0. The molecule has 12 heteroatoms. The van der Waals surface area contributed by atoms with Gasteiger partial charge in [0.2, 0.25) is 0 Å². The van der Waals surface area contributed by atoms with E-state index >= 15 is 0 Å². The summed E-state index contributed by atoms with van der Waals surface area (Å²) in [7, 11) is 0. The van der Waals surface area contributed by atoms with Crippen molar-refractivity contribution in [3.8, 4) is 23.0 Å². The van der Waals surface area contributed by atoms with Crippen LogP contribution in [0.2, 0.25) is 0 Å². The lowest BCUT2D eigenvalue weighted by Gasteiger charge is -2.06. The molecule has 5 aromatic rings. The quantitative estimate of drug-likeness (QED) is 0.300. The number of carbonyl (C=O) groups is 1. The van der Waals surface area contributed by atoms with Crippen molar-refractivity contribution in [2.24, 2.45) is 5.73 Å². The lowest BCUT2D eigenvalue weighted by molar-refractivity contribution is -0.192. The summed E-state index contributed by atoms with van der Waals surface area (Å²) in [6, 6.07) is 17.8. The van der Waals surface area contributed by atoms with Gasteiger partial charge in [-0.25, -0.2) is 9.59 Å². The Morgan fingerprint density at radius 1 is 1.11 bits per heavy atom. The second-order valence-electron chi connectivity index (χ2n) is 7.67. The molecule has 0 atom stereocenters. The highest BCUT2D eigenvalue weighted by Gasteiger charge is 2.38. The van der Waals surface area contributed by atoms with Gasteiger partial charge in [0.15, 0.2) is 0 Å². The summed E-state index contributed by atoms with van der Waals surface area (Å²) in [4.78, 5) is 27.7. The van der Waals surface area contributed by atoms with Crippen LogP contribution >= 0.6 is 0 Å². The molecular weight excluding hydrogens is 477 g/mol. The van der Waals surface area contributed by atoms with E-state index in [2.05, 4.69) is 20.6 Å². The lowest BCUT2D eigenvalue weighted by atomic mass is 10.1. The maximum absolute atomic E-state index is 12.9. The molecule has 0 spiro atoms. The topological polar surface area (TPSA) is 146 Å². The summed E-state index contributed by atoms with van der Waals surface area (Å²) >= 11 is 0. The number of halogens is 3. The molecule has 0 amide bonds. The first-order chi connectivity index (χ1) is 17.2. The first kappa shape index (κ1) is 24.4. The number of nitrogens with two attached hydrogens (primary N) is 1. The van der Waals surface area contributed by atoms with Crippen LogP contribution in [-0.4, -0.2) is 42.9 Å². The third kappa shape index (κ3) is 4.35. The molecule has 0 bridgehead atoms. The van der Waals surface area contributed by atoms with Crippen molar-refractivity contribution < 1.29 is 23.1 Å². The smallest absolute Gasteiger partial charge is 0.475 e. The van der Waals surface area contributed by atoms with Crippen LogP contribution in [0.25, 0.3) is 38.8 Å². The predicted octanol–water partition coefficient (Wildman–Crippen LogP) is 3.73. The monoisotopic (exact) mass is 496 g/mol. The molecule has 0 fully saturated rings. The van der Waals surface area contributed by atoms with Crippen LogP contribution in [0.3, 0.4) is 0 Å². The first-order valence-electron chi connectivity index (χ1n) is 10.6. The predicted molar refractivity (Wildman–Crippen MR) is 127 cm³/mol. The molecule has 0 aliphatic carbocycles. The molecule has 5 N–H and O–H groups in total. The van der Waals surface area contributed by atoms with E-state index in [0.717, 1.165) is 27.4 Å². The van der Waals surface area contributed by atoms with Gasteiger partial charge in [-0.05, 0) is 12.1 Å². The third-order valence-corrected chi connectivity index (χ3v) is 5.47. The maximum atomic E-state index is 12.9. The first-order valence-corrected chi connectivity index (χ1v) is 10.6. The van der Waals surface area contributed by atoms with Gasteiger partial charge in [0.25, 0.3) is 0 Å². The highest BCUT2D eigenvalue weighted by atomic mass is 19.4. The number of carboxylic acid groups (broad SMARTS) is 1. The van der Waals surface area contributed by atoms with Crippen LogP contribution in [0.5, 0.6) is 0 Å². The Balaban J connectivity index is 0.000000384. The zero-order valence-corrected chi connectivity index (χ0v) is 18.5. The lowest BCUT2D eigenvalue weighted by Crippen LogP contribution is -2.21. The molecule has 0 radical (unpaired) electrons. The minimum absolute atomic E-state index is 0.232. The highest BCUT2D eigenvalue weighted by Crippen LogP contribution is 2.34. The molecular formula is C24H19F3N6O3. The van der Waals surface area contributed by atoms with E-state index in [-0.39, 0.29) is 11.4 Å². The number of aromatic nitrogens is 4. The van der Waals surface area contributed by atoms with Crippen molar-refractivity contribution in [1.29, 1.82) is 5.26 Å². The van der Waals surface area contributed by atoms with E-state index in [0.29, 0.717) is 24.5 Å². The molecule has 184 valence electrons. The fraction of sp³-hybridized carbons (Fsp3) is 0.125. The number of hydrogen-bond acceptors (Lipinski definition) is 4. The number of carboxylic acids is 1. The minimum Gasteiger partial charge on any atom is -0.475 e. The summed E-state index contributed by atoms with van der Waals surface area (Å²) in [6.07, 6.45) is -1.32. The number of hydrogen-bond donors (Lipinski definition) is 4. The Hall–Kier alpha value is -4.76. The van der Waals surface area contributed by atoms with Crippen LogP contribution in [0.1, 0.15) is 5.69 Å². The number of aliphatic carboxylic acids is 1. The molecule has 0 aliphatic rings. The van der Waals surface area contributed by atoms with E-state index in [1.165, 1.54) is 0 Å². The number of nitriles is 1. The summed E-state index contributed by atoms with van der Waals surface area (Å²) in [6.45, 7) is 1.13. The fourth-order valence-electron chi connectivity index (χ4n) is 4.00. The van der Waals surface area contributed by atoms with Gasteiger partial charge in [0.1, 0.15) is 11.8 Å². The highest BCUT2D eigenvalue weighted by molar-refractivity contribution is 5.97.